The van der Waals surface area contributed by atoms with Crippen molar-refractivity contribution in [3.63, 3.8) is 0 Å². The lowest BCUT2D eigenvalue weighted by atomic mass is 10.3. The Bertz CT molecular complexity index is 487. The van der Waals surface area contributed by atoms with Gasteiger partial charge in [0.15, 0.2) is 6.29 Å². The monoisotopic (exact) mass is 268 g/mol. The molecule has 0 aliphatic heterocycles. The number of aromatic amines is 2. The Hall–Kier alpha value is -1.49. The molecule has 0 saturated heterocycles. The Morgan fingerprint density at radius 1 is 1.53 bits per heavy atom. The van der Waals surface area contributed by atoms with Crippen LogP contribution < -0.4 is 4.74 Å². The van der Waals surface area contributed by atoms with Gasteiger partial charge in [-0.05, 0) is 22.0 Å². The zero-order valence-electron chi connectivity index (χ0n) is 8.00. The van der Waals surface area contributed by atoms with Gasteiger partial charge in [0.2, 0.25) is 0 Å². The van der Waals surface area contributed by atoms with Crippen molar-refractivity contribution in [3.05, 3.63) is 28.5 Å². The van der Waals surface area contributed by atoms with E-state index in [1.54, 1.807) is 6.07 Å². The van der Waals surface area contributed by atoms with Crippen molar-refractivity contribution >= 4 is 22.2 Å². The molecule has 0 aromatic carbocycles. The van der Waals surface area contributed by atoms with Gasteiger partial charge in [-0.15, -0.1) is 0 Å². The van der Waals surface area contributed by atoms with Gasteiger partial charge in [-0.1, -0.05) is 0 Å². The van der Waals surface area contributed by atoms with Crippen molar-refractivity contribution in [2.45, 2.75) is 0 Å². The average molecular weight is 269 g/mol. The Morgan fingerprint density at radius 2 is 2.33 bits per heavy atom. The minimum atomic E-state index is 0.439. The first-order valence-corrected chi connectivity index (χ1v) is 5.11. The predicted molar refractivity (Wildman–Crippen MR) is 60.2 cm³/mol. The summed E-state index contributed by atoms with van der Waals surface area (Å²) >= 11 is 3.40. The average Bonchev–Trinajstić information content (AvgIpc) is 2.82. The van der Waals surface area contributed by atoms with Crippen LogP contribution in [0.3, 0.4) is 0 Å². The van der Waals surface area contributed by atoms with E-state index >= 15 is 0 Å². The number of hydrogen-bond donors (Lipinski definition) is 2. The van der Waals surface area contributed by atoms with Crippen LogP contribution in [0.1, 0.15) is 10.5 Å². The molecule has 0 unspecified atom stereocenters. The highest BCUT2D eigenvalue weighted by atomic mass is 79.9. The number of halogens is 1. The lowest BCUT2D eigenvalue weighted by Crippen LogP contribution is -1.86. The highest BCUT2D eigenvalue weighted by molar-refractivity contribution is 9.10. The molecule has 5 heteroatoms. The molecular formula is C10H9BrN2O2. The van der Waals surface area contributed by atoms with Crippen LogP contribution in [0.4, 0.5) is 0 Å². The van der Waals surface area contributed by atoms with E-state index in [4.69, 9.17) is 4.74 Å². The maximum Gasteiger partial charge on any atom is 0.170 e. The molecule has 0 spiro atoms. The summed E-state index contributed by atoms with van der Waals surface area (Å²) in [6.45, 7) is 0. The summed E-state index contributed by atoms with van der Waals surface area (Å²) in [5.74, 6) is 0.543. The summed E-state index contributed by atoms with van der Waals surface area (Å²) in [6, 6.07) is 3.67. The van der Waals surface area contributed by atoms with Gasteiger partial charge < -0.3 is 14.7 Å². The zero-order valence-corrected chi connectivity index (χ0v) is 9.59. The summed E-state index contributed by atoms with van der Waals surface area (Å²) in [5.41, 5.74) is 2.14. The van der Waals surface area contributed by atoms with Crippen LogP contribution in [0.25, 0.3) is 11.4 Å². The standard InChI is InChI=1S/C10H9BrN2O2/c1-15-9-4-7(13-8(9)5-14)10-6(11)2-3-12-10/h2-5,12-13H,1H3. The first-order chi connectivity index (χ1) is 7.26. The van der Waals surface area contributed by atoms with Gasteiger partial charge in [0, 0.05) is 16.7 Å². The summed E-state index contributed by atoms with van der Waals surface area (Å²) in [4.78, 5) is 16.8. The van der Waals surface area contributed by atoms with E-state index in [1.807, 2.05) is 12.3 Å². The molecule has 0 aliphatic carbocycles. The van der Waals surface area contributed by atoms with E-state index in [1.165, 1.54) is 7.11 Å². The number of aldehydes is 1. The van der Waals surface area contributed by atoms with Crippen LogP contribution in [-0.2, 0) is 0 Å². The van der Waals surface area contributed by atoms with Gasteiger partial charge in [0.25, 0.3) is 0 Å². The maximum atomic E-state index is 10.7. The van der Waals surface area contributed by atoms with Crippen LogP contribution in [-0.4, -0.2) is 23.4 Å². The molecule has 0 atom stereocenters. The number of rotatable bonds is 3. The molecule has 2 rings (SSSR count). The molecule has 78 valence electrons. The number of methoxy groups -OCH3 is 1. The van der Waals surface area contributed by atoms with Crippen molar-refractivity contribution in [2.75, 3.05) is 7.11 Å². The minimum absolute atomic E-state index is 0.439. The van der Waals surface area contributed by atoms with Gasteiger partial charge in [-0.2, -0.15) is 0 Å². The Labute approximate surface area is 94.8 Å². The fraction of sp³-hybridized carbons (Fsp3) is 0.100. The van der Waals surface area contributed by atoms with Crippen molar-refractivity contribution in [1.29, 1.82) is 0 Å². The zero-order chi connectivity index (χ0) is 10.8. The second kappa shape index (κ2) is 3.94. The third-order valence-electron chi connectivity index (χ3n) is 2.11. The van der Waals surface area contributed by atoms with E-state index in [0.29, 0.717) is 11.4 Å². The third kappa shape index (κ3) is 1.70. The van der Waals surface area contributed by atoms with Crippen LogP contribution in [0, 0.1) is 0 Å². The topological polar surface area (TPSA) is 57.9 Å². The summed E-state index contributed by atoms with van der Waals surface area (Å²) in [6.07, 6.45) is 2.55. The molecule has 2 heterocycles. The highest BCUT2D eigenvalue weighted by Gasteiger charge is 2.11. The van der Waals surface area contributed by atoms with Crippen LogP contribution >= 0.6 is 15.9 Å². The first-order valence-electron chi connectivity index (χ1n) is 4.31. The highest BCUT2D eigenvalue weighted by Crippen LogP contribution is 2.30. The van der Waals surface area contributed by atoms with Crippen LogP contribution in [0.2, 0.25) is 0 Å². The van der Waals surface area contributed by atoms with E-state index in [0.717, 1.165) is 22.1 Å². The predicted octanol–water partition coefficient (Wildman–Crippen LogP) is 2.59. The molecule has 2 N–H and O–H groups in total. The number of nitrogens with one attached hydrogen (secondary N) is 2. The van der Waals surface area contributed by atoms with Crippen molar-refractivity contribution in [2.24, 2.45) is 0 Å². The smallest absolute Gasteiger partial charge is 0.170 e. The molecule has 4 nitrogen and oxygen atoms in total. The number of carbonyl (C=O) groups is 1. The van der Waals surface area contributed by atoms with Gasteiger partial charge in [0.05, 0.1) is 18.5 Å². The quantitative estimate of drug-likeness (QED) is 0.841. The SMILES string of the molecule is COc1cc(-c2[nH]ccc2Br)[nH]c1C=O. The maximum absolute atomic E-state index is 10.7. The Morgan fingerprint density at radius 3 is 2.80 bits per heavy atom. The molecule has 2 aromatic rings. The summed E-state index contributed by atoms with van der Waals surface area (Å²) < 4.78 is 6.00. The summed E-state index contributed by atoms with van der Waals surface area (Å²) in [5, 5.41) is 0. The third-order valence-corrected chi connectivity index (χ3v) is 2.77. The molecule has 0 aliphatic rings. The normalized spacial score (nSPS) is 10.3. The molecule has 0 saturated carbocycles. The number of aromatic nitrogens is 2. The van der Waals surface area contributed by atoms with E-state index < -0.39 is 0 Å². The Kier molecular flexibility index (Phi) is 2.64. The molecule has 0 amide bonds. The van der Waals surface area contributed by atoms with Crippen molar-refractivity contribution in [3.8, 4) is 17.1 Å². The minimum Gasteiger partial charge on any atom is -0.494 e. The van der Waals surface area contributed by atoms with Crippen LogP contribution in [0.5, 0.6) is 5.75 Å². The van der Waals surface area contributed by atoms with Crippen molar-refractivity contribution < 1.29 is 9.53 Å². The molecule has 15 heavy (non-hydrogen) atoms. The number of ether oxygens (including phenoxy) is 1. The molecule has 0 fully saturated rings. The fourth-order valence-corrected chi connectivity index (χ4v) is 1.86. The second-order valence-corrected chi connectivity index (χ2v) is 3.84. The first kappa shape index (κ1) is 10.0. The summed E-state index contributed by atoms with van der Waals surface area (Å²) in [7, 11) is 1.53. The lowest BCUT2D eigenvalue weighted by molar-refractivity contribution is 0.111. The van der Waals surface area contributed by atoms with E-state index in [2.05, 4.69) is 25.9 Å². The fourth-order valence-electron chi connectivity index (χ4n) is 1.40. The van der Waals surface area contributed by atoms with Gasteiger partial charge in [-0.3, -0.25) is 4.79 Å². The Balaban J connectivity index is 2.50. The molecule has 2 aromatic heterocycles. The van der Waals surface area contributed by atoms with E-state index in [-0.39, 0.29) is 0 Å². The lowest BCUT2D eigenvalue weighted by Gasteiger charge is -1.93. The van der Waals surface area contributed by atoms with Gasteiger partial charge in [-0.25, -0.2) is 0 Å². The van der Waals surface area contributed by atoms with Gasteiger partial charge >= 0.3 is 0 Å². The molecule has 0 radical (unpaired) electrons. The second-order valence-electron chi connectivity index (χ2n) is 2.98. The van der Waals surface area contributed by atoms with Crippen LogP contribution in [0.15, 0.2) is 22.8 Å². The number of H-pyrrole nitrogens is 2. The molecule has 0 bridgehead atoms. The molecular weight excluding hydrogens is 260 g/mol. The number of carbonyl (C=O) groups excluding carboxylic acids is 1. The largest absolute Gasteiger partial charge is 0.494 e. The van der Waals surface area contributed by atoms with Crippen molar-refractivity contribution in [1.82, 2.24) is 9.97 Å². The van der Waals surface area contributed by atoms with Gasteiger partial charge in [0.1, 0.15) is 11.4 Å². The van der Waals surface area contributed by atoms with E-state index in [9.17, 15) is 4.79 Å². The number of hydrogen-bond acceptors (Lipinski definition) is 2.